The van der Waals surface area contributed by atoms with Crippen molar-refractivity contribution in [3.63, 3.8) is 0 Å². The van der Waals surface area contributed by atoms with E-state index in [1.54, 1.807) is 7.11 Å². The molecule has 7 heteroatoms. The molecule has 0 amide bonds. The van der Waals surface area contributed by atoms with Crippen LogP contribution in [0.2, 0.25) is 0 Å². The maximum atomic E-state index is 8.85. The Hall–Kier alpha value is -1.22. The van der Waals surface area contributed by atoms with Crippen molar-refractivity contribution in [1.82, 2.24) is 10.6 Å². The Labute approximate surface area is 168 Å². The standard InChI is InChI=1S/C18H31N3O3.HI/c1-6-19-18(21-14(4)13(2)3)20-12-15-7-8-16(24-10-9-22)17(11-15)23-5;/h7-8,11,13-14,22H,6,9-10,12H2,1-5H3,(H2,19,20,21);1H. The molecule has 3 N–H and O–H groups in total. The number of aliphatic imine (C=N–C) groups is 1. The summed E-state index contributed by atoms with van der Waals surface area (Å²) in [6.07, 6.45) is 0. The van der Waals surface area contributed by atoms with E-state index in [9.17, 15) is 0 Å². The van der Waals surface area contributed by atoms with Gasteiger partial charge in [0, 0.05) is 12.6 Å². The van der Waals surface area contributed by atoms with Crippen LogP contribution in [0, 0.1) is 5.92 Å². The van der Waals surface area contributed by atoms with Gasteiger partial charge in [0.2, 0.25) is 0 Å². The minimum Gasteiger partial charge on any atom is -0.493 e. The minimum absolute atomic E-state index is 0. The number of nitrogens with zero attached hydrogens (tertiary/aromatic N) is 1. The molecule has 1 unspecified atom stereocenters. The average molecular weight is 465 g/mol. The number of benzene rings is 1. The lowest BCUT2D eigenvalue weighted by Crippen LogP contribution is -2.44. The third kappa shape index (κ3) is 8.62. The van der Waals surface area contributed by atoms with E-state index in [0.29, 0.717) is 30.0 Å². The monoisotopic (exact) mass is 465 g/mol. The first-order valence-corrected chi connectivity index (χ1v) is 8.47. The normalized spacial score (nSPS) is 12.4. The van der Waals surface area contributed by atoms with Gasteiger partial charge in [-0.05, 0) is 37.5 Å². The molecule has 0 radical (unpaired) electrons. The molecule has 1 aromatic rings. The number of nitrogens with one attached hydrogen (secondary N) is 2. The van der Waals surface area contributed by atoms with E-state index in [4.69, 9.17) is 14.6 Å². The van der Waals surface area contributed by atoms with Crippen LogP contribution in [0.15, 0.2) is 23.2 Å². The quantitative estimate of drug-likeness (QED) is 0.297. The number of hydrogen-bond donors (Lipinski definition) is 3. The van der Waals surface area contributed by atoms with Crippen molar-refractivity contribution in [2.24, 2.45) is 10.9 Å². The molecule has 25 heavy (non-hydrogen) atoms. The lowest BCUT2D eigenvalue weighted by atomic mass is 10.1. The smallest absolute Gasteiger partial charge is 0.191 e. The molecular formula is C18H32IN3O3. The number of methoxy groups -OCH3 is 1. The van der Waals surface area contributed by atoms with Gasteiger partial charge in [-0.25, -0.2) is 4.99 Å². The molecule has 0 saturated heterocycles. The Kier molecular flexibility index (Phi) is 12.4. The number of halogens is 1. The fourth-order valence-electron chi connectivity index (χ4n) is 1.96. The van der Waals surface area contributed by atoms with Crippen LogP contribution in [-0.2, 0) is 6.54 Å². The van der Waals surface area contributed by atoms with Crippen molar-refractivity contribution in [3.05, 3.63) is 23.8 Å². The molecule has 0 fully saturated rings. The summed E-state index contributed by atoms with van der Waals surface area (Å²) in [5, 5.41) is 15.5. The lowest BCUT2D eigenvalue weighted by Gasteiger charge is -2.20. The maximum absolute atomic E-state index is 8.85. The molecule has 0 aliphatic heterocycles. The predicted octanol–water partition coefficient (Wildman–Crippen LogP) is 2.78. The molecule has 0 spiro atoms. The van der Waals surface area contributed by atoms with Gasteiger partial charge >= 0.3 is 0 Å². The first-order valence-electron chi connectivity index (χ1n) is 8.47. The van der Waals surface area contributed by atoms with Gasteiger partial charge in [0.15, 0.2) is 17.5 Å². The van der Waals surface area contributed by atoms with Gasteiger partial charge < -0.3 is 25.2 Å². The van der Waals surface area contributed by atoms with Crippen molar-refractivity contribution >= 4 is 29.9 Å². The second kappa shape index (κ2) is 13.0. The van der Waals surface area contributed by atoms with Crippen molar-refractivity contribution in [1.29, 1.82) is 0 Å². The largest absolute Gasteiger partial charge is 0.493 e. The second-order valence-corrected chi connectivity index (χ2v) is 5.93. The van der Waals surface area contributed by atoms with Crippen molar-refractivity contribution < 1.29 is 14.6 Å². The van der Waals surface area contributed by atoms with E-state index in [1.807, 2.05) is 25.1 Å². The van der Waals surface area contributed by atoms with Crippen LogP contribution in [0.1, 0.15) is 33.3 Å². The van der Waals surface area contributed by atoms with Gasteiger partial charge in [-0.1, -0.05) is 19.9 Å². The van der Waals surface area contributed by atoms with E-state index in [0.717, 1.165) is 18.1 Å². The molecule has 0 heterocycles. The van der Waals surface area contributed by atoms with Crippen LogP contribution in [0.5, 0.6) is 11.5 Å². The summed E-state index contributed by atoms with van der Waals surface area (Å²) in [7, 11) is 1.60. The third-order valence-electron chi connectivity index (χ3n) is 3.71. The molecule has 0 bridgehead atoms. The molecule has 1 atom stereocenters. The van der Waals surface area contributed by atoms with Crippen molar-refractivity contribution in [3.8, 4) is 11.5 Å². The molecule has 6 nitrogen and oxygen atoms in total. The average Bonchev–Trinajstić information content (AvgIpc) is 2.58. The van der Waals surface area contributed by atoms with Crippen LogP contribution in [0.3, 0.4) is 0 Å². The summed E-state index contributed by atoms with van der Waals surface area (Å²) in [5.41, 5.74) is 1.03. The molecular weight excluding hydrogens is 433 g/mol. The van der Waals surface area contributed by atoms with Gasteiger partial charge in [-0.3, -0.25) is 0 Å². The number of aliphatic hydroxyl groups is 1. The highest BCUT2D eigenvalue weighted by atomic mass is 127. The molecule has 0 aliphatic rings. The van der Waals surface area contributed by atoms with Gasteiger partial charge in [-0.2, -0.15) is 0 Å². The zero-order valence-electron chi connectivity index (χ0n) is 15.8. The van der Waals surface area contributed by atoms with E-state index in [-0.39, 0.29) is 37.2 Å². The highest BCUT2D eigenvalue weighted by Gasteiger charge is 2.09. The maximum Gasteiger partial charge on any atom is 0.191 e. The zero-order chi connectivity index (χ0) is 17.9. The molecule has 144 valence electrons. The third-order valence-corrected chi connectivity index (χ3v) is 3.71. The SMILES string of the molecule is CCNC(=NCc1ccc(OCCO)c(OC)c1)NC(C)C(C)C.I. The van der Waals surface area contributed by atoms with Gasteiger partial charge in [0.25, 0.3) is 0 Å². The topological polar surface area (TPSA) is 75.1 Å². The predicted molar refractivity (Wildman–Crippen MR) is 113 cm³/mol. The second-order valence-electron chi connectivity index (χ2n) is 5.93. The fourth-order valence-corrected chi connectivity index (χ4v) is 1.96. The molecule has 1 rings (SSSR count). The van der Waals surface area contributed by atoms with Crippen molar-refractivity contribution in [2.45, 2.75) is 40.3 Å². The number of rotatable bonds is 9. The van der Waals surface area contributed by atoms with Gasteiger partial charge in [0.05, 0.1) is 20.3 Å². The fraction of sp³-hybridized carbons (Fsp3) is 0.611. The summed E-state index contributed by atoms with van der Waals surface area (Å²) in [6.45, 7) is 10.1. The van der Waals surface area contributed by atoms with E-state index in [1.165, 1.54) is 0 Å². The number of hydrogen-bond acceptors (Lipinski definition) is 4. The van der Waals surface area contributed by atoms with Crippen molar-refractivity contribution in [2.75, 3.05) is 26.9 Å². The summed E-state index contributed by atoms with van der Waals surface area (Å²) >= 11 is 0. The highest BCUT2D eigenvalue weighted by Crippen LogP contribution is 2.28. The Morgan fingerprint density at radius 3 is 2.52 bits per heavy atom. The van der Waals surface area contributed by atoms with Crippen LogP contribution in [0.25, 0.3) is 0 Å². The summed E-state index contributed by atoms with van der Waals surface area (Å²) in [5.74, 6) is 2.59. The number of guanidine groups is 1. The Morgan fingerprint density at radius 2 is 1.96 bits per heavy atom. The Bertz CT molecular complexity index is 524. The summed E-state index contributed by atoms with van der Waals surface area (Å²) in [6, 6.07) is 6.04. The highest BCUT2D eigenvalue weighted by molar-refractivity contribution is 14.0. The lowest BCUT2D eigenvalue weighted by molar-refractivity contribution is 0.196. The van der Waals surface area contributed by atoms with E-state index < -0.39 is 0 Å². The first kappa shape index (κ1) is 23.8. The van der Waals surface area contributed by atoms with E-state index in [2.05, 4.69) is 36.4 Å². The van der Waals surface area contributed by atoms with Crippen LogP contribution >= 0.6 is 24.0 Å². The summed E-state index contributed by atoms with van der Waals surface area (Å²) in [4.78, 5) is 4.63. The van der Waals surface area contributed by atoms with E-state index >= 15 is 0 Å². The zero-order valence-corrected chi connectivity index (χ0v) is 18.2. The van der Waals surface area contributed by atoms with Crippen LogP contribution < -0.4 is 20.1 Å². The number of aliphatic hydroxyl groups excluding tert-OH is 1. The molecule has 0 aromatic heterocycles. The molecule has 0 aliphatic carbocycles. The van der Waals surface area contributed by atoms with Gasteiger partial charge in [-0.15, -0.1) is 24.0 Å². The van der Waals surface area contributed by atoms with Crippen LogP contribution in [0.4, 0.5) is 0 Å². The molecule has 0 saturated carbocycles. The summed E-state index contributed by atoms with van der Waals surface area (Å²) < 4.78 is 10.8. The Balaban J connectivity index is 0.00000576. The van der Waals surface area contributed by atoms with Gasteiger partial charge in [0.1, 0.15) is 6.61 Å². The first-order chi connectivity index (χ1) is 11.5. The van der Waals surface area contributed by atoms with Crippen LogP contribution in [-0.4, -0.2) is 44.0 Å². The number of ether oxygens (including phenoxy) is 2. The molecule has 1 aromatic carbocycles. The minimum atomic E-state index is -0.0268. The Morgan fingerprint density at radius 1 is 1.24 bits per heavy atom.